The van der Waals surface area contributed by atoms with Gasteiger partial charge in [0.15, 0.2) is 11.7 Å². The van der Waals surface area contributed by atoms with Crippen LogP contribution in [0.5, 0.6) is 5.75 Å². The highest BCUT2D eigenvalue weighted by atomic mass is 35.5. The summed E-state index contributed by atoms with van der Waals surface area (Å²) in [4.78, 5) is 22.9. The van der Waals surface area contributed by atoms with E-state index in [4.69, 9.17) is 33.7 Å². The zero-order chi connectivity index (χ0) is 18.4. The monoisotopic (exact) mass is 378 g/mol. The Morgan fingerprint density at radius 1 is 1.24 bits per heavy atom. The number of aryl methyl sites for hydroxylation is 1. The molecule has 0 heterocycles. The molecule has 3 N–H and O–H groups in total. The molecule has 2 aromatic carbocycles. The normalized spacial score (nSPS) is 10.0. The van der Waals surface area contributed by atoms with E-state index in [1.54, 1.807) is 12.1 Å². The average molecular weight is 379 g/mol. The number of thiocarbonyl (C=S) groups is 1. The average Bonchev–Trinajstić information content (AvgIpc) is 2.54. The van der Waals surface area contributed by atoms with Gasteiger partial charge in [-0.25, -0.2) is 4.79 Å². The molecule has 0 aliphatic heterocycles. The van der Waals surface area contributed by atoms with Gasteiger partial charge in [0.05, 0.1) is 10.6 Å². The van der Waals surface area contributed by atoms with Crippen LogP contribution in [0.1, 0.15) is 15.9 Å². The number of hydrogen-bond donors (Lipinski definition) is 3. The predicted octanol–water partition coefficient (Wildman–Crippen LogP) is 3.24. The first-order valence-electron chi connectivity index (χ1n) is 7.18. The fourth-order valence-electron chi connectivity index (χ4n) is 1.95. The van der Waals surface area contributed by atoms with Gasteiger partial charge in [-0.1, -0.05) is 23.7 Å². The van der Waals surface area contributed by atoms with Crippen LogP contribution < -0.4 is 15.4 Å². The van der Waals surface area contributed by atoms with Crippen LogP contribution in [0.2, 0.25) is 5.02 Å². The molecular formula is C17H15ClN2O4S. The predicted molar refractivity (Wildman–Crippen MR) is 99.4 cm³/mol. The molecule has 0 saturated carbocycles. The maximum Gasteiger partial charge on any atom is 0.337 e. The SMILES string of the molecule is Cc1cccc(OCC(=O)NC(=S)Nc2ccc(Cl)c(C(=O)O)c2)c1. The van der Waals surface area contributed by atoms with E-state index < -0.39 is 11.9 Å². The van der Waals surface area contributed by atoms with Crippen LogP contribution in [0.25, 0.3) is 0 Å². The van der Waals surface area contributed by atoms with E-state index >= 15 is 0 Å². The number of carboxylic acid groups (broad SMARTS) is 1. The van der Waals surface area contributed by atoms with Gasteiger partial charge in [0.25, 0.3) is 5.91 Å². The van der Waals surface area contributed by atoms with Crippen molar-refractivity contribution in [3.05, 3.63) is 58.6 Å². The Hall–Kier alpha value is -2.64. The Kier molecular flexibility index (Phi) is 6.32. The van der Waals surface area contributed by atoms with Crippen LogP contribution in [0, 0.1) is 6.92 Å². The molecule has 0 atom stereocenters. The molecule has 0 bridgehead atoms. The number of anilines is 1. The van der Waals surface area contributed by atoms with Gasteiger partial charge in [0, 0.05) is 5.69 Å². The second-order valence-corrected chi connectivity index (χ2v) is 5.92. The zero-order valence-electron chi connectivity index (χ0n) is 13.2. The summed E-state index contributed by atoms with van der Waals surface area (Å²) < 4.78 is 5.37. The number of carboxylic acids is 1. The fourth-order valence-corrected chi connectivity index (χ4v) is 2.38. The molecule has 25 heavy (non-hydrogen) atoms. The molecule has 0 unspecified atom stereocenters. The Morgan fingerprint density at radius 3 is 2.68 bits per heavy atom. The summed E-state index contributed by atoms with van der Waals surface area (Å²) in [7, 11) is 0. The minimum absolute atomic E-state index is 0.0245. The number of nitrogens with one attached hydrogen (secondary N) is 2. The Morgan fingerprint density at radius 2 is 2.00 bits per heavy atom. The second kappa shape index (κ2) is 8.46. The van der Waals surface area contributed by atoms with Crippen LogP contribution in [0.4, 0.5) is 5.69 Å². The topological polar surface area (TPSA) is 87.7 Å². The number of amides is 1. The molecule has 8 heteroatoms. The van der Waals surface area contributed by atoms with Gasteiger partial charge in [-0.3, -0.25) is 10.1 Å². The number of hydrogen-bond acceptors (Lipinski definition) is 4. The van der Waals surface area contributed by atoms with Gasteiger partial charge in [0.1, 0.15) is 5.75 Å². The highest BCUT2D eigenvalue weighted by Gasteiger charge is 2.11. The number of halogens is 1. The number of ether oxygens (including phenoxy) is 1. The molecule has 0 aromatic heterocycles. The molecule has 6 nitrogen and oxygen atoms in total. The number of rotatable bonds is 5. The third-order valence-corrected chi connectivity index (χ3v) is 3.60. The van der Waals surface area contributed by atoms with Gasteiger partial charge in [-0.05, 0) is 55.0 Å². The minimum atomic E-state index is -1.16. The summed E-state index contributed by atoms with van der Waals surface area (Å²) in [5.74, 6) is -1.01. The fraction of sp³-hybridized carbons (Fsp3) is 0.118. The smallest absolute Gasteiger partial charge is 0.337 e. The largest absolute Gasteiger partial charge is 0.484 e. The molecule has 0 saturated heterocycles. The van der Waals surface area contributed by atoms with Crippen molar-refractivity contribution in [2.24, 2.45) is 0 Å². The van der Waals surface area contributed by atoms with Crippen molar-refractivity contribution in [3.63, 3.8) is 0 Å². The number of aromatic carboxylic acids is 1. The lowest BCUT2D eigenvalue weighted by molar-refractivity contribution is -0.121. The second-order valence-electron chi connectivity index (χ2n) is 5.11. The van der Waals surface area contributed by atoms with Gasteiger partial charge in [-0.15, -0.1) is 0 Å². The Bertz CT molecular complexity index is 826. The van der Waals surface area contributed by atoms with Gasteiger partial charge in [0.2, 0.25) is 0 Å². The van der Waals surface area contributed by atoms with E-state index in [1.807, 2.05) is 25.1 Å². The van der Waals surface area contributed by atoms with Crippen LogP contribution in [0.3, 0.4) is 0 Å². The summed E-state index contributed by atoms with van der Waals surface area (Å²) >= 11 is 10.8. The van der Waals surface area contributed by atoms with Crippen molar-refractivity contribution in [1.82, 2.24) is 5.32 Å². The highest BCUT2D eigenvalue weighted by molar-refractivity contribution is 7.80. The first-order valence-corrected chi connectivity index (χ1v) is 7.97. The van der Waals surface area contributed by atoms with Crippen LogP contribution in [-0.2, 0) is 4.79 Å². The Labute approximate surface area is 154 Å². The summed E-state index contributed by atoms with van der Waals surface area (Å²) in [5, 5.41) is 14.3. The third-order valence-electron chi connectivity index (χ3n) is 3.07. The van der Waals surface area contributed by atoms with E-state index in [-0.39, 0.29) is 22.3 Å². The molecule has 0 fully saturated rings. The summed E-state index contributed by atoms with van der Waals surface area (Å²) in [5.41, 5.74) is 1.35. The van der Waals surface area contributed by atoms with Crippen molar-refractivity contribution in [1.29, 1.82) is 0 Å². The van der Waals surface area contributed by atoms with Gasteiger partial charge in [-0.2, -0.15) is 0 Å². The Balaban J connectivity index is 1.88. The summed E-state index contributed by atoms with van der Waals surface area (Å²) in [6, 6.07) is 11.6. The molecule has 0 aliphatic rings. The summed E-state index contributed by atoms with van der Waals surface area (Å²) in [6.07, 6.45) is 0. The number of carbonyl (C=O) groups excluding carboxylic acids is 1. The molecule has 2 rings (SSSR count). The molecule has 130 valence electrons. The molecule has 0 radical (unpaired) electrons. The van der Waals surface area contributed by atoms with Crippen LogP contribution in [0.15, 0.2) is 42.5 Å². The molecule has 0 aliphatic carbocycles. The van der Waals surface area contributed by atoms with Crippen molar-refractivity contribution < 1.29 is 19.4 Å². The van der Waals surface area contributed by atoms with Crippen molar-refractivity contribution in [2.75, 3.05) is 11.9 Å². The molecule has 1 amide bonds. The molecule has 0 spiro atoms. The van der Waals surface area contributed by atoms with E-state index in [9.17, 15) is 9.59 Å². The lowest BCUT2D eigenvalue weighted by Crippen LogP contribution is -2.37. The lowest BCUT2D eigenvalue weighted by Gasteiger charge is -2.11. The summed E-state index contributed by atoms with van der Waals surface area (Å²) in [6.45, 7) is 1.72. The van der Waals surface area contributed by atoms with E-state index in [2.05, 4.69) is 10.6 Å². The van der Waals surface area contributed by atoms with Gasteiger partial charge < -0.3 is 15.2 Å². The van der Waals surface area contributed by atoms with Crippen molar-refractivity contribution >= 4 is 46.5 Å². The van der Waals surface area contributed by atoms with Crippen LogP contribution in [-0.4, -0.2) is 28.7 Å². The third kappa shape index (κ3) is 5.74. The van der Waals surface area contributed by atoms with Crippen molar-refractivity contribution in [3.8, 4) is 5.75 Å². The van der Waals surface area contributed by atoms with E-state index in [0.717, 1.165) is 5.56 Å². The quantitative estimate of drug-likeness (QED) is 0.692. The maximum atomic E-state index is 11.9. The lowest BCUT2D eigenvalue weighted by atomic mass is 10.2. The first-order chi connectivity index (χ1) is 11.8. The van der Waals surface area contributed by atoms with Gasteiger partial charge >= 0.3 is 5.97 Å². The minimum Gasteiger partial charge on any atom is -0.484 e. The van der Waals surface area contributed by atoms with E-state index in [0.29, 0.717) is 11.4 Å². The molecule has 2 aromatic rings. The maximum absolute atomic E-state index is 11.9. The number of carbonyl (C=O) groups is 2. The zero-order valence-corrected chi connectivity index (χ0v) is 14.8. The van der Waals surface area contributed by atoms with Crippen LogP contribution >= 0.6 is 23.8 Å². The van der Waals surface area contributed by atoms with E-state index in [1.165, 1.54) is 12.1 Å². The number of benzene rings is 2. The molecular weight excluding hydrogens is 364 g/mol. The standard InChI is InChI=1S/C17H15ClN2O4S/c1-10-3-2-4-12(7-10)24-9-15(21)20-17(25)19-11-5-6-14(18)13(8-11)16(22)23/h2-8H,9H2,1H3,(H,22,23)(H2,19,20,21,25). The highest BCUT2D eigenvalue weighted by Crippen LogP contribution is 2.20. The van der Waals surface area contributed by atoms with Crippen molar-refractivity contribution in [2.45, 2.75) is 6.92 Å². The first kappa shape index (κ1) is 18.7.